The van der Waals surface area contributed by atoms with Crippen molar-refractivity contribution in [2.24, 2.45) is 0 Å². The minimum Gasteiger partial charge on any atom is -0.481 e. The van der Waals surface area contributed by atoms with Crippen molar-refractivity contribution in [3.05, 3.63) is 40.0 Å². The number of halogens is 2. The second-order valence-corrected chi connectivity index (χ2v) is 4.61. The van der Waals surface area contributed by atoms with Gasteiger partial charge in [0.15, 0.2) is 0 Å². The van der Waals surface area contributed by atoms with Gasteiger partial charge in [-0.15, -0.1) is 0 Å². The molecule has 0 spiro atoms. The van der Waals surface area contributed by atoms with E-state index in [1.54, 1.807) is 24.3 Å². The van der Waals surface area contributed by atoms with Crippen LogP contribution in [0.5, 0.6) is 0 Å². The van der Waals surface area contributed by atoms with Crippen molar-refractivity contribution in [3.63, 3.8) is 0 Å². The van der Waals surface area contributed by atoms with Crippen LogP contribution in [-0.2, 0) is 9.59 Å². The van der Waals surface area contributed by atoms with Crippen LogP contribution in [0.4, 0.5) is 5.69 Å². The number of aliphatic carboxylic acids is 1. The molecule has 1 rings (SSSR count). The summed E-state index contributed by atoms with van der Waals surface area (Å²) in [4.78, 5) is 22.2. The quantitative estimate of drug-likeness (QED) is 0.423. The average molecular weight is 328 g/mol. The highest BCUT2D eigenvalue weighted by Crippen LogP contribution is 2.29. The summed E-state index contributed by atoms with van der Waals surface area (Å²) in [6.07, 6.45) is 1.02. The molecular weight excluding hydrogens is 317 g/mol. The Hall–Kier alpha value is -2.23. The normalized spacial score (nSPS) is 10.6. The molecule has 1 amide bonds. The van der Waals surface area contributed by atoms with E-state index in [4.69, 9.17) is 33.6 Å². The van der Waals surface area contributed by atoms with E-state index in [0.717, 1.165) is 6.20 Å². The Labute approximate surface area is 131 Å². The molecule has 6 nitrogen and oxygen atoms in total. The summed E-state index contributed by atoms with van der Waals surface area (Å²) in [6.45, 7) is 0.103. The first-order chi connectivity index (χ1) is 9.95. The molecular formula is C13H11Cl2N3O3. The van der Waals surface area contributed by atoms with Gasteiger partial charge < -0.3 is 15.7 Å². The highest BCUT2D eigenvalue weighted by molar-refractivity contribution is 6.44. The van der Waals surface area contributed by atoms with Crippen molar-refractivity contribution >= 4 is 40.8 Å². The van der Waals surface area contributed by atoms with Crippen LogP contribution in [0.2, 0.25) is 10.0 Å². The maximum Gasteiger partial charge on any atom is 0.305 e. The zero-order valence-corrected chi connectivity index (χ0v) is 12.2. The molecule has 0 bridgehead atoms. The minimum absolute atomic E-state index is 0.103. The van der Waals surface area contributed by atoms with E-state index < -0.39 is 11.9 Å². The molecule has 0 saturated heterocycles. The van der Waals surface area contributed by atoms with Gasteiger partial charge in [0.25, 0.3) is 5.91 Å². The van der Waals surface area contributed by atoms with Crippen LogP contribution in [0.25, 0.3) is 0 Å². The summed E-state index contributed by atoms with van der Waals surface area (Å²) >= 11 is 11.7. The maximum absolute atomic E-state index is 11.9. The molecule has 8 heteroatoms. The van der Waals surface area contributed by atoms with Crippen LogP contribution in [0.15, 0.2) is 30.0 Å². The minimum atomic E-state index is -0.982. The topological polar surface area (TPSA) is 102 Å². The molecule has 0 aliphatic carbocycles. The fraction of sp³-hybridized carbons (Fsp3) is 0.154. The SMILES string of the molecule is N#C/C(=C/NCCC(=O)O)C(=O)Nc1cccc(Cl)c1Cl. The highest BCUT2D eigenvalue weighted by Gasteiger charge is 2.12. The number of nitrogens with zero attached hydrogens (tertiary/aromatic N) is 1. The number of hydrogen-bond donors (Lipinski definition) is 3. The summed E-state index contributed by atoms with van der Waals surface area (Å²) < 4.78 is 0. The fourth-order valence-electron chi connectivity index (χ4n) is 1.29. The number of rotatable bonds is 6. The number of anilines is 1. The van der Waals surface area contributed by atoms with Crippen molar-refractivity contribution < 1.29 is 14.7 Å². The predicted molar refractivity (Wildman–Crippen MR) is 79.0 cm³/mol. The molecule has 0 aliphatic rings. The molecule has 110 valence electrons. The summed E-state index contributed by atoms with van der Waals surface area (Å²) in [5, 5.41) is 22.8. The molecule has 0 aliphatic heterocycles. The predicted octanol–water partition coefficient (Wildman–Crippen LogP) is 2.40. The molecule has 0 fully saturated rings. The lowest BCUT2D eigenvalue weighted by atomic mass is 10.2. The lowest BCUT2D eigenvalue weighted by Gasteiger charge is -2.07. The van der Waals surface area contributed by atoms with E-state index in [1.165, 1.54) is 0 Å². The molecule has 0 aromatic heterocycles. The molecule has 0 unspecified atom stereocenters. The Morgan fingerprint density at radius 3 is 2.71 bits per heavy atom. The summed E-state index contributed by atoms with van der Waals surface area (Å²) in [5.74, 6) is -1.66. The van der Waals surface area contributed by atoms with Gasteiger partial charge in [0, 0.05) is 12.7 Å². The van der Waals surface area contributed by atoms with Gasteiger partial charge in [-0.3, -0.25) is 9.59 Å². The van der Waals surface area contributed by atoms with Gasteiger partial charge in [-0.05, 0) is 12.1 Å². The van der Waals surface area contributed by atoms with E-state index in [9.17, 15) is 9.59 Å². The van der Waals surface area contributed by atoms with Gasteiger partial charge in [0.2, 0.25) is 0 Å². The first kappa shape index (κ1) is 16.8. The van der Waals surface area contributed by atoms with Gasteiger partial charge in [-0.2, -0.15) is 5.26 Å². The highest BCUT2D eigenvalue weighted by atomic mass is 35.5. The zero-order chi connectivity index (χ0) is 15.8. The van der Waals surface area contributed by atoms with Crippen LogP contribution in [0.3, 0.4) is 0 Å². The van der Waals surface area contributed by atoms with Crippen LogP contribution >= 0.6 is 23.2 Å². The number of hydrogen-bond acceptors (Lipinski definition) is 4. The monoisotopic (exact) mass is 327 g/mol. The Balaban J connectivity index is 2.71. The lowest BCUT2D eigenvalue weighted by Crippen LogP contribution is -2.18. The maximum atomic E-state index is 11.9. The molecule has 3 N–H and O–H groups in total. The fourth-order valence-corrected chi connectivity index (χ4v) is 1.64. The summed E-state index contributed by atoms with van der Waals surface area (Å²) in [7, 11) is 0. The molecule has 1 aromatic rings. The van der Waals surface area contributed by atoms with Crippen molar-refractivity contribution in [1.82, 2.24) is 5.32 Å². The van der Waals surface area contributed by atoms with E-state index in [2.05, 4.69) is 10.6 Å². The number of carboxylic acid groups (broad SMARTS) is 1. The number of nitrogens with one attached hydrogen (secondary N) is 2. The standard InChI is InChI=1S/C13H11Cl2N3O3/c14-9-2-1-3-10(12(9)15)18-13(21)8(6-16)7-17-5-4-11(19)20/h1-3,7,17H,4-5H2,(H,18,21)(H,19,20)/b8-7-. The first-order valence-electron chi connectivity index (χ1n) is 5.76. The van der Waals surface area contributed by atoms with E-state index in [0.29, 0.717) is 0 Å². The van der Waals surface area contributed by atoms with E-state index in [-0.39, 0.29) is 34.3 Å². The second-order valence-electron chi connectivity index (χ2n) is 3.82. The van der Waals surface area contributed by atoms with E-state index in [1.807, 2.05) is 0 Å². The van der Waals surface area contributed by atoms with Crippen molar-refractivity contribution in [3.8, 4) is 6.07 Å². The number of carboxylic acids is 1. The third-order valence-corrected chi connectivity index (χ3v) is 3.11. The molecule has 0 radical (unpaired) electrons. The Morgan fingerprint density at radius 2 is 2.10 bits per heavy atom. The van der Waals surface area contributed by atoms with Crippen molar-refractivity contribution in [1.29, 1.82) is 5.26 Å². The Morgan fingerprint density at radius 1 is 1.38 bits per heavy atom. The summed E-state index contributed by atoms with van der Waals surface area (Å²) in [5.41, 5.74) is 0.0669. The van der Waals surface area contributed by atoms with Gasteiger partial charge in [-0.25, -0.2) is 0 Å². The number of amides is 1. The zero-order valence-electron chi connectivity index (χ0n) is 10.7. The molecule has 1 aromatic carbocycles. The second kappa shape index (κ2) is 8.15. The molecule has 0 saturated carbocycles. The number of nitriles is 1. The van der Waals surface area contributed by atoms with Crippen LogP contribution < -0.4 is 10.6 Å². The lowest BCUT2D eigenvalue weighted by molar-refractivity contribution is -0.136. The third-order valence-electron chi connectivity index (χ3n) is 2.29. The molecule has 21 heavy (non-hydrogen) atoms. The molecule has 0 atom stereocenters. The molecule has 0 heterocycles. The number of carbonyl (C=O) groups excluding carboxylic acids is 1. The largest absolute Gasteiger partial charge is 0.481 e. The van der Waals surface area contributed by atoms with Gasteiger partial charge in [-0.1, -0.05) is 29.3 Å². The Kier molecular flexibility index (Phi) is 6.53. The number of benzene rings is 1. The van der Waals surface area contributed by atoms with Crippen LogP contribution in [0, 0.1) is 11.3 Å². The van der Waals surface area contributed by atoms with Gasteiger partial charge in [0.05, 0.1) is 22.2 Å². The smallest absolute Gasteiger partial charge is 0.305 e. The van der Waals surface area contributed by atoms with Crippen molar-refractivity contribution in [2.75, 3.05) is 11.9 Å². The number of carbonyl (C=O) groups is 2. The third kappa shape index (κ3) is 5.34. The van der Waals surface area contributed by atoms with Crippen LogP contribution in [-0.4, -0.2) is 23.5 Å². The van der Waals surface area contributed by atoms with E-state index >= 15 is 0 Å². The van der Waals surface area contributed by atoms with Crippen LogP contribution in [0.1, 0.15) is 6.42 Å². The summed E-state index contributed by atoms with van der Waals surface area (Å²) in [6, 6.07) is 6.41. The van der Waals surface area contributed by atoms with Gasteiger partial charge >= 0.3 is 5.97 Å². The van der Waals surface area contributed by atoms with Gasteiger partial charge in [0.1, 0.15) is 11.6 Å². The van der Waals surface area contributed by atoms with Crippen molar-refractivity contribution in [2.45, 2.75) is 6.42 Å². The first-order valence-corrected chi connectivity index (χ1v) is 6.52. The average Bonchev–Trinajstić information content (AvgIpc) is 2.43. The Bertz CT molecular complexity index is 624.